The number of nitriles is 1. The van der Waals surface area contributed by atoms with Gasteiger partial charge in [0.05, 0.1) is 5.69 Å². The van der Waals surface area contributed by atoms with Crippen LogP contribution >= 0.6 is 11.8 Å². The number of fused-ring (bicyclic) bond motifs is 1. The molecule has 1 aliphatic rings. The minimum atomic E-state index is 0.659. The number of aliphatic imine (C=N–C) groups is 1. The van der Waals surface area contributed by atoms with E-state index in [4.69, 9.17) is 5.26 Å². The number of rotatable bonds is 1. The quantitative estimate of drug-likeness (QED) is 0.358. The topological polar surface area (TPSA) is 48.2 Å². The van der Waals surface area contributed by atoms with Gasteiger partial charge in [0, 0.05) is 0 Å². The molecule has 0 radical (unpaired) electrons. The van der Waals surface area contributed by atoms with Crippen LogP contribution in [0, 0.1) is 11.5 Å². The summed E-state index contributed by atoms with van der Waals surface area (Å²) in [6.07, 6.45) is 8.59. The Balaban J connectivity index is 2.35. The van der Waals surface area contributed by atoms with E-state index in [1.54, 1.807) is 0 Å². The summed E-state index contributed by atoms with van der Waals surface area (Å²) in [5.41, 5.74) is 3.77. The first-order valence-electron chi connectivity index (χ1n) is 5.73. The highest BCUT2D eigenvalue weighted by Gasteiger charge is 2.12. The van der Waals surface area contributed by atoms with Crippen molar-refractivity contribution in [2.24, 2.45) is 4.99 Å². The largest absolute Gasteiger partial charge is 0.271 e. The summed E-state index contributed by atoms with van der Waals surface area (Å²) in [6, 6.07) is 6.26. The Bertz CT molecular complexity index is 474. The van der Waals surface area contributed by atoms with Crippen molar-refractivity contribution in [3.05, 3.63) is 29.3 Å². The zero-order chi connectivity index (χ0) is 12.1. The molecular weight excluding hydrogens is 230 g/mol. The van der Waals surface area contributed by atoms with Crippen molar-refractivity contribution in [2.75, 3.05) is 6.26 Å². The van der Waals surface area contributed by atoms with Gasteiger partial charge in [-0.25, -0.2) is 4.99 Å². The van der Waals surface area contributed by atoms with E-state index in [0.29, 0.717) is 5.17 Å². The minimum absolute atomic E-state index is 0.659. The van der Waals surface area contributed by atoms with Gasteiger partial charge >= 0.3 is 0 Å². The Hall–Kier alpha value is -1.47. The molecule has 1 aromatic carbocycles. The molecule has 0 amide bonds. The second-order valence-electron chi connectivity index (χ2n) is 3.98. The van der Waals surface area contributed by atoms with E-state index in [0.717, 1.165) is 18.5 Å². The summed E-state index contributed by atoms with van der Waals surface area (Å²) in [6.45, 7) is 0. The van der Waals surface area contributed by atoms with Crippen LogP contribution in [-0.4, -0.2) is 11.4 Å². The fraction of sp³-hybridized carbons (Fsp3) is 0.385. The zero-order valence-electron chi connectivity index (χ0n) is 9.86. The van der Waals surface area contributed by atoms with Crippen LogP contribution in [0.25, 0.3) is 0 Å². The van der Waals surface area contributed by atoms with Gasteiger partial charge in [-0.3, -0.25) is 5.32 Å². The lowest BCUT2D eigenvalue weighted by atomic mass is 9.91. The van der Waals surface area contributed by atoms with Gasteiger partial charge in [-0.05, 0) is 49.1 Å². The third-order valence-corrected chi connectivity index (χ3v) is 3.53. The summed E-state index contributed by atoms with van der Waals surface area (Å²) in [5.74, 6) is 0. The number of hydrogen-bond donors (Lipinski definition) is 1. The number of aryl methyl sites for hydroxylation is 1. The van der Waals surface area contributed by atoms with E-state index in [9.17, 15) is 0 Å². The van der Waals surface area contributed by atoms with E-state index in [-0.39, 0.29) is 0 Å². The molecule has 0 aliphatic heterocycles. The van der Waals surface area contributed by atoms with Crippen molar-refractivity contribution in [1.29, 1.82) is 5.26 Å². The Morgan fingerprint density at radius 2 is 2.24 bits per heavy atom. The van der Waals surface area contributed by atoms with E-state index in [1.807, 2.05) is 24.6 Å². The molecule has 1 aliphatic carbocycles. The van der Waals surface area contributed by atoms with Crippen molar-refractivity contribution in [3.63, 3.8) is 0 Å². The average molecular weight is 245 g/mol. The molecule has 0 unspecified atom stereocenters. The number of thioether (sulfide) groups is 1. The molecule has 4 heteroatoms. The van der Waals surface area contributed by atoms with Gasteiger partial charge in [0.2, 0.25) is 0 Å². The maximum atomic E-state index is 8.63. The third-order valence-electron chi connectivity index (χ3n) is 2.95. The second-order valence-corrected chi connectivity index (χ2v) is 4.77. The first-order valence-corrected chi connectivity index (χ1v) is 6.96. The molecule has 2 rings (SSSR count). The van der Waals surface area contributed by atoms with Crippen molar-refractivity contribution in [1.82, 2.24) is 5.32 Å². The Kier molecular flexibility index (Phi) is 4.05. The van der Waals surface area contributed by atoms with Gasteiger partial charge in [0.15, 0.2) is 11.4 Å². The fourth-order valence-electron chi connectivity index (χ4n) is 2.15. The van der Waals surface area contributed by atoms with Crippen molar-refractivity contribution in [3.8, 4) is 6.19 Å². The van der Waals surface area contributed by atoms with Crippen LogP contribution in [0.3, 0.4) is 0 Å². The van der Waals surface area contributed by atoms with Crippen molar-refractivity contribution >= 4 is 22.6 Å². The highest BCUT2D eigenvalue weighted by Crippen LogP contribution is 2.30. The SMILES string of the molecule is CSC(=Nc1cccc2c1CCCC2)NC#N. The smallest absolute Gasteiger partial charge is 0.183 e. The van der Waals surface area contributed by atoms with Crippen LogP contribution in [0.1, 0.15) is 24.0 Å². The summed E-state index contributed by atoms with van der Waals surface area (Å²) in [5, 5.41) is 11.9. The molecule has 0 atom stereocenters. The molecule has 0 bridgehead atoms. The molecular formula is C13H15N3S. The summed E-state index contributed by atoms with van der Waals surface area (Å²) in [4.78, 5) is 4.53. The van der Waals surface area contributed by atoms with E-state index < -0.39 is 0 Å². The Labute approximate surface area is 106 Å². The van der Waals surface area contributed by atoms with Crippen molar-refractivity contribution < 1.29 is 0 Å². The minimum Gasteiger partial charge on any atom is -0.271 e. The van der Waals surface area contributed by atoms with Gasteiger partial charge in [-0.2, -0.15) is 5.26 Å². The molecule has 0 spiro atoms. The molecule has 1 aromatic rings. The number of hydrogen-bond acceptors (Lipinski definition) is 3. The monoisotopic (exact) mass is 245 g/mol. The van der Waals surface area contributed by atoms with Crippen LogP contribution in [-0.2, 0) is 12.8 Å². The molecule has 1 N–H and O–H groups in total. The van der Waals surface area contributed by atoms with E-state index >= 15 is 0 Å². The molecule has 88 valence electrons. The fourth-order valence-corrected chi connectivity index (χ4v) is 2.49. The third kappa shape index (κ3) is 2.80. The molecule has 3 nitrogen and oxygen atoms in total. The summed E-state index contributed by atoms with van der Waals surface area (Å²) >= 11 is 1.46. The second kappa shape index (κ2) is 5.74. The number of nitrogens with one attached hydrogen (secondary N) is 1. The van der Waals surface area contributed by atoms with Crippen molar-refractivity contribution in [2.45, 2.75) is 25.7 Å². The predicted octanol–water partition coefficient (Wildman–Crippen LogP) is 2.99. The maximum absolute atomic E-state index is 8.63. The van der Waals surface area contributed by atoms with Crippen LogP contribution < -0.4 is 5.32 Å². The molecule has 0 saturated heterocycles. The lowest BCUT2D eigenvalue weighted by molar-refractivity contribution is 0.686. The van der Waals surface area contributed by atoms with Gasteiger partial charge in [-0.15, -0.1) is 0 Å². The molecule has 0 heterocycles. The van der Waals surface area contributed by atoms with Crippen LogP contribution in [0.4, 0.5) is 5.69 Å². The highest BCUT2D eigenvalue weighted by molar-refractivity contribution is 8.13. The normalized spacial score (nSPS) is 14.9. The highest BCUT2D eigenvalue weighted by atomic mass is 32.2. The molecule has 0 saturated carbocycles. The standard InChI is InChI=1S/C13H15N3S/c1-17-13(15-9-14)16-12-8-4-6-10-5-2-3-7-11(10)12/h4,6,8H,2-3,5,7H2,1H3,(H,15,16). The summed E-state index contributed by atoms with van der Waals surface area (Å²) in [7, 11) is 0. The Morgan fingerprint density at radius 1 is 1.41 bits per heavy atom. The first kappa shape index (κ1) is 12.0. The lowest BCUT2D eigenvalue weighted by Gasteiger charge is -2.17. The predicted molar refractivity (Wildman–Crippen MR) is 72.4 cm³/mol. The van der Waals surface area contributed by atoms with Gasteiger partial charge in [0.1, 0.15) is 0 Å². The molecule has 17 heavy (non-hydrogen) atoms. The van der Waals surface area contributed by atoms with Crippen LogP contribution in [0.15, 0.2) is 23.2 Å². The molecule has 0 fully saturated rings. The number of benzene rings is 1. The average Bonchev–Trinajstić information content (AvgIpc) is 2.38. The number of nitrogens with zero attached hydrogens (tertiary/aromatic N) is 2. The maximum Gasteiger partial charge on any atom is 0.183 e. The van der Waals surface area contributed by atoms with Gasteiger partial charge < -0.3 is 0 Å². The lowest BCUT2D eigenvalue weighted by Crippen LogP contribution is -2.13. The Morgan fingerprint density at radius 3 is 3.00 bits per heavy atom. The zero-order valence-corrected chi connectivity index (χ0v) is 10.7. The van der Waals surface area contributed by atoms with E-state index in [2.05, 4.69) is 16.4 Å². The van der Waals surface area contributed by atoms with Gasteiger partial charge in [0.25, 0.3) is 0 Å². The van der Waals surface area contributed by atoms with Gasteiger partial charge in [-0.1, -0.05) is 23.9 Å². The van der Waals surface area contributed by atoms with E-state index in [1.165, 1.54) is 35.7 Å². The van der Waals surface area contributed by atoms with Crippen LogP contribution in [0.2, 0.25) is 0 Å². The number of amidine groups is 1. The van der Waals surface area contributed by atoms with Crippen LogP contribution in [0.5, 0.6) is 0 Å². The summed E-state index contributed by atoms with van der Waals surface area (Å²) < 4.78 is 0. The molecule has 0 aromatic heterocycles. The first-order chi connectivity index (χ1) is 8.35.